The molecule has 0 bridgehead atoms. The van der Waals surface area contributed by atoms with Crippen LogP contribution in [0.15, 0.2) is 25.3 Å². The van der Waals surface area contributed by atoms with E-state index in [0.29, 0.717) is 12.8 Å². The average Bonchev–Trinajstić information content (AvgIpc) is 1.68. The first-order chi connectivity index (χ1) is 3.81. The first-order valence-corrected chi connectivity index (χ1v) is 2.54. The lowest BCUT2D eigenvalue weighted by Gasteiger charge is -1.85. The van der Waals surface area contributed by atoms with Gasteiger partial charge in [0.2, 0.25) is 0 Å². The van der Waals surface area contributed by atoms with Gasteiger partial charge in [0.05, 0.1) is 0 Å². The van der Waals surface area contributed by atoms with Crippen LogP contribution in [0.2, 0.25) is 0 Å². The van der Waals surface area contributed by atoms with Crippen molar-refractivity contribution in [3.8, 4) is 0 Å². The standard InChI is InChI=1S/C7H10O.FH/c1-3-5-7(8)6-4-2;/h3-4H,1-2,5-6H2;1H. The Morgan fingerprint density at radius 2 is 1.56 bits per heavy atom. The Kier molecular flexibility index (Phi) is 8.62. The van der Waals surface area contributed by atoms with Crippen molar-refractivity contribution in [2.45, 2.75) is 12.8 Å². The topological polar surface area (TPSA) is 17.1 Å². The van der Waals surface area contributed by atoms with Crippen molar-refractivity contribution in [2.75, 3.05) is 0 Å². The highest BCUT2D eigenvalue weighted by Gasteiger charge is 1.91. The lowest BCUT2D eigenvalue weighted by atomic mass is 10.2. The van der Waals surface area contributed by atoms with Gasteiger partial charge < -0.3 is 0 Å². The number of hydrogen-bond donors (Lipinski definition) is 0. The van der Waals surface area contributed by atoms with Crippen LogP contribution in [0.3, 0.4) is 0 Å². The van der Waals surface area contributed by atoms with E-state index in [1.165, 1.54) is 0 Å². The van der Waals surface area contributed by atoms with E-state index in [-0.39, 0.29) is 10.5 Å². The fourth-order valence-electron chi connectivity index (χ4n) is 0.405. The maximum atomic E-state index is 10.5. The van der Waals surface area contributed by atoms with E-state index in [2.05, 4.69) is 13.2 Å². The summed E-state index contributed by atoms with van der Waals surface area (Å²) in [7, 11) is 0. The summed E-state index contributed by atoms with van der Waals surface area (Å²) >= 11 is 0. The van der Waals surface area contributed by atoms with E-state index >= 15 is 0 Å². The van der Waals surface area contributed by atoms with E-state index in [9.17, 15) is 4.79 Å². The van der Waals surface area contributed by atoms with Crippen LogP contribution in [0.25, 0.3) is 0 Å². The quantitative estimate of drug-likeness (QED) is 0.531. The minimum absolute atomic E-state index is 0. The molecular weight excluding hydrogens is 119 g/mol. The zero-order valence-corrected chi connectivity index (χ0v) is 5.30. The molecule has 9 heavy (non-hydrogen) atoms. The second kappa shape index (κ2) is 7.08. The highest BCUT2D eigenvalue weighted by atomic mass is 19.0. The minimum Gasteiger partial charge on any atom is -0.299 e. The highest BCUT2D eigenvalue weighted by molar-refractivity contribution is 5.80. The van der Waals surface area contributed by atoms with Crippen molar-refractivity contribution in [2.24, 2.45) is 0 Å². The summed E-state index contributed by atoms with van der Waals surface area (Å²) < 4.78 is 0. The Balaban J connectivity index is 0. The van der Waals surface area contributed by atoms with Crippen molar-refractivity contribution in [1.82, 2.24) is 0 Å². The van der Waals surface area contributed by atoms with Gasteiger partial charge in [0.1, 0.15) is 5.78 Å². The monoisotopic (exact) mass is 130 g/mol. The largest absolute Gasteiger partial charge is 0.299 e. The highest BCUT2D eigenvalue weighted by Crippen LogP contribution is 1.89. The van der Waals surface area contributed by atoms with Crippen LogP contribution in [0.1, 0.15) is 12.8 Å². The van der Waals surface area contributed by atoms with E-state index in [1.807, 2.05) is 0 Å². The molecule has 0 radical (unpaired) electrons. The summed E-state index contributed by atoms with van der Waals surface area (Å²) in [6.07, 6.45) is 4.13. The number of ketones is 1. The molecule has 0 spiro atoms. The lowest BCUT2D eigenvalue weighted by Crippen LogP contribution is -1.90. The first-order valence-electron chi connectivity index (χ1n) is 2.54. The predicted molar refractivity (Wildman–Crippen MR) is 37.1 cm³/mol. The number of rotatable bonds is 4. The maximum Gasteiger partial charge on any atom is 0.140 e. The molecule has 0 amide bonds. The van der Waals surface area contributed by atoms with Gasteiger partial charge in [-0.15, -0.1) is 13.2 Å². The Hall–Kier alpha value is -0.920. The Labute approximate surface area is 54.4 Å². The van der Waals surface area contributed by atoms with Crippen molar-refractivity contribution < 1.29 is 9.50 Å². The van der Waals surface area contributed by atoms with Crippen molar-refractivity contribution in [3.63, 3.8) is 0 Å². The van der Waals surface area contributed by atoms with Gasteiger partial charge in [0, 0.05) is 12.8 Å². The molecule has 0 atom stereocenters. The smallest absolute Gasteiger partial charge is 0.140 e. The maximum absolute atomic E-state index is 10.5. The molecule has 0 heterocycles. The van der Waals surface area contributed by atoms with Crippen molar-refractivity contribution >= 4 is 5.78 Å². The zero-order chi connectivity index (χ0) is 6.41. The third-order valence-corrected chi connectivity index (χ3v) is 0.744. The lowest BCUT2D eigenvalue weighted by molar-refractivity contribution is -0.117. The van der Waals surface area contributed by atoms with E-state index < -0.39 is 0 Å². The molecule has 0 aromatic rings. The summed E-state index contributed by atoms with van der Waals surface area (Å²) in [5.41, 5.74) is 0. The van der Waals surface area contributed by atoms with Crippen LogP contribution >= 0.6 is 0 Å². The summed E-state index contributed by atoms with van der Waals surface area (Å²) in [5.74, 6) is 0.176. The van der Waals surface area contributed by atoms with Crippen molar-refractivity contribution in [3.05, 3.63) is 25.3 Å². The van der Waals surface area contributed by atoms with Gasteiger partial charge in [-0.3, -0.25) is 9.50 Å². The SMILES string of the molecule is C=CCC(=O)CC=C.F. The number of Topliss-reactive ketones (excluding diaryl/α,β-unsaturated/α-hetero) is 1. The molecule has 0 unspecified atom stereocenters. The van der Waals surface area contributed by atoms with Crippen LogP contribution in [0, 0.1) is 0 Å². The van der Waals surface area contributed by atoms with Gasteiger partial charge in [-0.05, 0) is 0 Å². The molecule has 0 aromatic carbocycles. The van der Waals surface area contributed by atoms with Gasteiger partial charge in [-0.1, -0.05) is 12.2 Å². The molecule has 0 rings (SSSR count). The Morgan fingerprint density at radius 3 is 1.78 bits per heavy atom. The summed E-state index contributed by atoms with van der Waals surface area (Å²) in [6, 6.07) is 0. The van der Waals surface area contributed by atoms with Crippen molar-refractivity contribution in [1.29, 1.82) is 0 Å². The van der Waals surface area contributed by atoms with E-state index in [4.69, 9.17) is 0 Å². The van der Waals surface area contributed by atoms with Crippen LogP contribution < -0.4 is 0 Å². The molecule has 0 saturated carbocycles. The van der Waals surface area contributed by atoms with Gasteiger partial charge in [-0.25, -0.2) is 0 Å². The third kappa shape index (κ3) is 7.08. The summed E-state index contributed by atoms with van der Waals surface area (Å²) in [4.78, 5) is 10.5. The first kappa shape index (κ1) is 11.0. The van der Waals surface area contributed by atoms with Gasteiger partial charge in [0.15, 0.2) is 0 Å². The van der Waals surface area contributed by atoms with Crippen LogP contribution in [-0.4, -0.2) is 5.78 Å². The molecule has 1 nitrogen and oxygen atoms in total. The predicted octanol–water partition coefficient (Wildman–Crippen LogP) is 1.86. The fourth-order valence-corrected chi connectivity index (χ4v) is 0.405. The molecule has 2 heteroatoms. The van der Waals surface area contributed by atoms with Crippen LogP contribution in [-0.2, 0) is 4.79 Å². The van der Waals surface area contributed by atoms with Gasteiger partial charge in [0.25, 0.3) is 0 Å². The molecule has 0 aliphatic rings. The van der Waals surface area contributed by atoms with E-state index in [1.54, 1.807) is 12.2 Å². The molecule has 0 fully saturated rings. The van der Waals surface area contributed by atoms with Gasteiger partial charge >= 0.3 is 0 Å². The molecule has 0 aromatic heterocycles. The third-order valence-electron chi connectivity index (χ3n) is 0.744. The molecule has 0 aliphatic heterocycles. The van der Waals surface area contributed by atoms with Crippen LogP contribution in [0.4, 0.5) is 4.70 Å². The van der Waals surface area contributed by atoms with E-state index in [0.717, 1.165) is 0 Å². The number of carbonyl (C=O) groups excluding carboxylic acids is 1. The zero-order valence-electron chi connectivity index (χ0n) is 5.30. The molecule has 52 valence electrons. The summed E-state index contributed by atoms with van der Waals surface area (Å²) in [5, 5.41) is 0. The Morgan fingerprint density at radius 1 is 1.22 bits per heavy atom. The second-order valence-electron chi connectivity index (χ2n) is 1.52. The normalized spacial score (nSPS) is 7.11. The number of allylic oxidation sites excluding steroid dienone is 2. The molecule has 0 aliphatic carbocycles. The minimum atomic E-state index is 0. The number of halogens is 1. The molecule has 0 saturated heterocycles. The molecule has 0 N–H and O–H groups in total. The number of carbonyl (C=O) groups is 1. The fraction of sp³-hybridized carbons (Fsp3) is 0.286. The average molecular weight is 130 g/mol. The van der Waals surface area contributed by atoms with Gasteiger partial charge in [-0.2, -0.15) is 0 Å². The summed E-state index contributed by atoms with van der Waals surface area (Å²) in [6.45, 7) is 6.86. The second-order valence-corrected chi connectivity index (χ2v) is 1.52. The Bertz CT molecular complexity index is 95.5. The molecular formula is C7H11FO. The number of hydrogen-bond acceptors (Lipinski definition) is 1. The van der Waals surface area contributed by atoms with Crippen LogP contribution in [0.5, 0.6) is 0 Å².